The molecule has 1 saturated heterocycles. The van der Waals surface area contributed by atoms with Crippen LogP contribution in [0.15, 0.2) is 24.3 Å². The van der Waals surface area contributed by atoms with Gasteiger partial charge in [-0.1, -0.05) is 29.8 Å². The largest absolute Gasteiger partial charge is 0.327 e. The van der Waals surface area contributed by atoms with E-state index in [1.807, 2.05) is 18.2 Å². The zero-order valence-corrected chi connectivity index (χ0v) is 12.6. The maximum Gasteiger partial charge on any atom is 0.0438 e. The van der Waals surface area contributed by atoms with E-state index in [0.717, 1.165) is 43.1 Å². The molecule has 2 N–H and O–H groups in total. The molecule has 2 atom stereocenters. The third-order valence-corrected chi connectivity index (χ3v) is 4.36. The lowest BCUT2D eigenvalue weighted by Crippen LogP contribution is -2.51. The predicted octanol–water partition coefficient (Wildman–Crippen LogP) is 1.85. The predicted molar refractivity (Wildman–Crippen MR) is 81.7 cm³/mol. The zero-order valence-electron chi connectivity index (χ0n) is 11.8. The Bertz CT molecular complexity index is 410. The second-order valence-corrected chi connectivity index (χ2v) is 6.10. The average molecular weight is 282 g/mol. The highest BCUT2D eigenvalue weighted by Crippen LogP contribution is 2.19. The molecule has 1 aliphatic heterocycles. The molecule has 0 aliphatic carbocycles. The summed E-state index contributed by atoms with van der Waals surface area (Å²) in [4.78, 5) is 4.80. The quantitative estimate of drug-likeness (QED) is 0.914. The number of piperazine rings is 1. The number of halogens is 1. The first kappa shape index (κ1) is 14.8. The fraction of sp³-hybridized carbons (Fsp3) is 0.600. The Morgan fingerprint density at radius 2 is 2.05 bits per heavy atom. The van der Waals surface area contributed by atoms with Crippen molar-refractivity contribution in [2.45, 2.75) is 24.9 Å². The fourth-order valence-electron chi connectivity index (χ4n) is 2.74. The summed E-state index contributed by atoms with van der Waals surface area (Å²) in [6, 6.07) is 8.70. The van der Waals surface area contributed by atoms with Crippen molar-refractivity contribution in [1.82, 2.24) is 9.80 Å². The van der Waals surface area contributed by atoms with Crippen LogP contribution in [-0.4, -0.2) is 55.6 Å². The van der Waals surface area contributed by atoms with Gasteiger partial charge in [-0.15, -0.1) is 0 Å². The molecule has 2 unspecified atom stereocenters. The Hall–Kier alpha value is -0.610. The van der Waals surface area contributed by atoms with Crippen LogP contribution in [0.25, 0.3) is 0 Å². The summed E-state index contributed by atoms with van der Waals surface area (Å²) < 4.78 is 0. The maximum absolute atomic E-state index is 6.31. The first-order chi connectivity index (χ1) is 9.06. The normalized spacial score (nSPS) is 23.5. The third kappa shape index (κ3) is 4.18. The van der Waals surface area contributed by atoms with Gasteiger partial charge in [-0.3, -0.25) is 0 Å². The standard InChI is InChI=1S/C15H24ClN3/c1-18-7-8-19(2)14(11-18)10-13(17)9-12-5-3-4-6-15(12)16/h3-6,13-14H,7-11,17H2,1-2H3. The van der Waals surface area contributed by atoms with Gasteiger partial charge in [0, 0.05) is 36.7 Å². The molecule has 1 aliphatic rings. The molecule has 1 fully saturated rings. The van der Waals surface area contributed by atoms with E-state index in [-0.39, 0.29) is 6.04 Å². The summed E-state index contributed by atoms with van der Waals surface area (Å²) in [5.74, 6) is 0. The number of rotatable bonds is 4. The van der Waals surface area contributed by atoms with Gasteiger partial charge in [-0.05, 0) is 38.6 Å². The van der Waals surface area contributed by atoms with Gasteiger partial charge in [0.15, 0.2) is 0 Å². The van der Waals surface area contributed by atoms with Crippen molar-refractivity contribution in [1.29, 1.82) is 0 Å². The molecule has 106 valence electrons. The highest BCUT2D eigenvalue weighted by molar-refractivity contribution is 6.31. The van der Waals surface area contributed by atoms with Crippen LogP contribution in [0.1, 0.15) is 12.0 Å². The Kier molecular flexibility index (Phi) is 5.22. The Labute approximate surface area is 121 Å². The first-order valence-corrected chi connectivity index (χ1v) is 7.32. The molecule has 0 radical (unpaired) electrons. The van der Waals surface area contributed by atoms with Crippen LogP contribution in [0.4, 0.5) is 0 Å². The summed E-state index contributed by atoms with van der Waals surface area (Å²) >= 11 is 6.19. The third-order valence-electron chi connectivity index (χ3n) is 3.99. The minimum absolute atomic E-state index is 0.166. The number of nitrogens with zero attached hydrogens (tertiary/aromatic N) is 2. The highest BCUT2D eigenvalue weighted by Gasteiger charge is 2.24. The van der Waals surface area contributed by atoms with Crippen molar-refractivity contribution in [2.75, 3.05) is 33.7 Å². The van der Waals surface area contributed by atoms with Gasteiger partial charge in [0.1, 0.15) is 0 Å². The Balaban J connectivity index is 1.90. The maximum atomic E-state index is 6.31. The first-order valence-electron chi connectivity index (χ1n) is 6.94. The van der Waals surface area contributed by atoms with Crippen LogP contribution in [0, 0.1) is 0 Å². The molecular weight excluding hydrogens is 258 g/mol. The number of likely N-dealkylation sites (N-methyl/N-ethyl adjacent to an activating group) is 2. The van der Waals surface area contributed by atoms with Gasteiger partial charge in [0.2, 0.25) is 0 Å². The van der Waals surface area contributed by atoms with Crippen molar-refractivity contribution >= 4 is 11.6 Å². The van der Waals surface area contributed by atoms with E-state index in [0.29, 0.717) is 6.04 Å². The lowest BCUT2D eigenvalue weighted by molar-refractivity contribution is 0.104. The molecule has 0 saturated carbocycles. The molecule has 0 aromatic heterocycles. The van der Waals surface area contributed by atoms with Crippen molar-refractivity contribution in [3.63, 3.8) is 0 Å². The van der Waals surface area contributed by atoms with Crippen LogP contribution in [0.3, 0.4) is 0 Å². The van der Waals surface area contributed by atoms with Crippen LogP contribution in [0.5, 0.6) is 0 Å². The lowest BCUT2D eigenvalue weighted by Gasteiger charge is -2.38. The molecule has 19 heavy (non-hydrogen) atoms. The molecule has 1 heterocycles. The van der Waals surface area contributed by atoms with Gasteiger partial charge in [0.25, 0.3) is 0 Å². The molecule has 4 heteroatoms. The van der Waals surface area contributed by atoms with Crippen LogP contribution in [0.2, 0.25) is 5.02 Å². The van der Waals surface area contributed by atoms with Crippen molar-refractivity contribution in [2.24, 2.45) is 5.73 Å². The summed E-state index contributed by atoms with van der Waals surface area (Å²) in [5.41, 5.74) is 7.47. The van der Waals surface area contributed by atoms with Gasteiger partial charge < -0.3 is 15.5 Å². The average Bonchev–Trinajstić information content (AvgIpc) is 2.37. The zero-order chi connectivity index (χ0) is 13.8. The van der Waals surface area contributed by atoms with Gasteiger partial charge in [-0.25, -0.2) is 0 Å². The summed E-state index contributed by atoms with van der Waals surface area (Å²) in [6.45, 7) is 3.37. The molecular formula is C15H24ClN3. The highest BCUT2D eigenvalue weighted by atomic mass is 35.5. The van der Waals surface area contributed by atoms with Crippen molar-refractivity contribution in [3.05, 3.63) is 34.9 Å². The van der Waals surface area contributed by atoms with Crippen LogP contribution < -0.4 is 5.73 Å². The van der Waals surface area contributed by atoms with E-state index in [9.17, 15) is 0 Å². The van der Waals surface area contributed by atoms with Crippen LogP contribution in [-0.2, 0) is 6.42 Å². The van der Waals surface area contributed by atoms with Gasteiger partial charge in [-0.2, -0.15) is 0 Å². The second-order valence-electron chi connectivity index (χ2n) is 5.69. The van der Waals surface area contributed by atoms with E-state index in [4.69, 9.17) is 17.3 Å². The molecule has 1 aromatic rings. The van der Waals surface area contributed by atoms with Gasteiger partial charge >= 0.3 is 0 Å². The smallest absolute Gasteiger partial charge is 0.0438 e. The molecule has 2 rings (SSSR count). The number of hydrogen-bond donors (Lipinski definition) is 1. The minimum Gasteiger partial charge on any atom is -0.327 e. The Morgan fingerprint density at radius 3 is 2.79 bits per heavy atom. The van der Waals surface area contributed by atoms with Gasteiger partial charge in [0.05, 0.1) is 0 Å². The van der Waals surface area contributed by atoms with Crippen molar-refractivity contribution < 1.29 is 0 Å². The summed E-state index contributed by atoms with van der Waals surface area (Å²) in [6.07, 6.45) is 1.87. The van der Waals surface area contributed by atoms with E-state index < -0.39 is 0 Å². The molecule has 0 bridgehead atoms. The monoisotopic (exact) mass is 281 g/mol. The minimum atomic E-state index is 0.166. The van der Waals surface area contributed by atoms with Crippen molar-refractivity contribution in [3.8, 4) is 0 Å². The molecule has 1 aromatic carbocycles. The topological polar surface area (TPSA) is 32.5 Å². The molecule has 0 amide bonds. The fourth-order valence-corrected chi connectivity index (χ4v) is 2.95. The van der Waals surface area contributed by atoms with E-state index >= 15 is 0 Å². The Morgan fingerprint density at radius 1 is 1.32 bits per heavy atom. The summed E-state index contributed by atoms with van der Waals surface area (Å²) in [5, 5.41) is 0.826. The van der Waals surface area contributed by atoms with E-state index in [1.165, 1.54) is 0 Å². The summed E-state index contributed by atoms with van der Waals surface area (Å²) in [7, 11) is 4.37. The second kappa shape index (κ2) is 6.71. The molecule has 3 nitrogen and oxygen atoms in total. The van der Waals surface area contributed by atoms with E-state index in [1.54, 1.807) is 0 Å². The number of hydrogen-bond acceptors (Lipinski definition) is 3. The number of nitrogens with two attached hydrogens (primary N) is 1. The number of benzene rings is 1. The lowest BCUT2D eigenvalue weighted by atomic mass is 9.98. The molecule has 0 spiro atoms. The SMILES string of the molecule is CN1CCN(C)C(CC(N)Cc2ccccc2Cl)C1. The van der Waals surface area contributed by atoms with Crippen LogP contribution >= 0.6 is 11.6 Å². The van der Waals surface area contributed by atoms with E-state index in [2.05, 4.69) is 30.0 Å².